The van der Waals surface area contributed by atoms with Crippen molar-refractivity contribution in [1.29, 1.82) is 0 Å². The average molecular weight is 257 g/mol. The molecule has 1 aromatic rings. The summed E-state index contributed by atoms with van der Waals surface area (Å²) >= 11 is 5.29. The van der Waals surface area contributed by atoms with Crippen LogP contribution in [0, 0.1) is 0 Å². The molecule has 17 heavy (non-hydrogen) atoms. The summed E-state index contributed by atoms with van der Waals surface area (Å²) in [5.74, 6) is 0. The molecule has 0 aliphatic rings. The van der Waals surface area contributed by atoms with Crippen molar-refractivity contribution in [3.05, 3.63) is 27.7 Å². The van der Waals surface area contributed by atoms with Gasteiger partial charge in [0.2, 0.25) is 5.24 Å². The molecule has 0 saturated heterocycles. The molecule has 4 nitrogen and oxygen atoms in total. The molecule has 0 aliphatic carbocycles. The van der Waals surface area contributed by atoms with E-state index in [9.17, 15) is 9.59 Å². The highest BCUT2D eigenvalue weighted by Gasteiger charge is 2.18. The SMILES string of the molecule is Cn1nc(C(C)(C)C)cc(CCC(=O)Cl)c1=O. The van der Waals surface area contributed by atoms with Gasteiger partial charge in [-0.2, -0.15) is 5.10 Å². The van der Waals surface area contributed by atoms with Gasteiger partial charge in [-0.05, 0) is 24.1 Å². The molecule has 0 amide bonds. The Labute approximate surface area is 106 Å². The van der Waals surface area contributed by atoms with Gasteiger partial charge >= 0.3 is 0 Å². The van der Waals surface area contributed by atoms with Gasteiger partial charge in [-0.1, -0.05) is 20.8 Å². The largest absolute Gasteiger partial charge is 0.281 e. The monoisotopic (exact) mass is 256 g/mol. The third-order valence-electron chi connectivity index (χ3n) is 2.50. The van der Waals surface area contributed by atoms with Crippen LogP contribution in [0.2, 0.25) is 0 Å². The van der Waals surface area contributed by atoms with Gasteiger partial charge < -0.3 is 0 Å². The van der Waals surface area contributed by atoms with E-state index in [1.165, 1.54) is 4.68 Å². The van der Waals surface area contributed by atoms with Crippen molar-refractivity contribution in [1.82, 2.24) is 9.78 Å². The Morgan fingerprint density at radius 1 is 1.47 bits per heavy atom. The number of hydrogen-bond acceptors (Lipinski definition) is 3. The lowest BCUT2D eigenvalue weighted by molar-refractivity contribution is -0.111. The van der Waals surface area contributed by atoms with E-state index in [0.717, 1.165) is 5.69 Å². The number of carbonyl (C=O) groups excluding carboxylic acids is 1. The zero-order valence-electron chi connectivity index (χ0n) is 10.6. The first kappa shape index (κ1) is 13.9. The average Bonchev–Trinajstić information content (AvgIpc) is 2.18. The minimum atomic E-state index is -0.429. The first-order valence-electron chi connectivity index (χ1n) is 5.48. The van der Waals surface area contributed by atoms with Crippen LogP contribution in [0.3, 0.4) is 0 Å². The van der Waals surface area contributed by atoms with Gasteiger partial charge in [-0.15, -0.1) is 0 Å². The summed E-state index contributed by atoms with van der Waals surface area (Å²) in [7, 11) is 1.61. The minimum absolute atomic E-state index is 0.134. The molecule has 0 aromatic carbocycles. The summed E-state index contributed by atoms with van der Waals surface area (Å²) in [6.07, 6.45) is 0.533. The fourth-order valence-electron chi connectivity index (χ4n) is 1.45. The topological polar surface area (TPSA) is 52.0 Å². The lowest BCUT2D eigenvalue weighted by atomic mass is 9.91. The maximum absolute atomic E-state index is 11.8. The molecule has 0 unspecified atom stereocenters. The molecule has 1 aromatic heterocycles. The van der Waals surface area contributed by atoms with E-state index in [0.29, 0.717) is 12.0 Å². The molecule has 0 aliphatic heterocycles. The summed E-state index contributed by atoms with van der Waals surface area (Å²) in [6.45, 7) is 6.07. The highest BCUT2D eigenvalue weighted by Crippen LogP contribution is 2.19. The Bertz CT molecular complexity index is 486. The van der Waals surface area contributed by atoms with E-state index in [2.05, 4.69) is 5.10 Å². The lowest BCUT2D eigenvalue weighted by Gasteiger charge is -2.19. The summed E-state index contributed by atoms with van der Waals surface area (Å²) in [5.41, 5.74) is 1.11. The molecule has 0 fully saturated rings. The summed E-state index contributed by atoms with van der Waals surface area (Å²) in [4.78, 5) is 22.5. The predicted octanol–water partition coefficient (Wildman–Crippen LogP) is 1.78. The Morgan fingerprint density at radius 3 is 2.53 bits per heavy atom. The standard InChI is InChI=1S/C12H17ClN2O2/c1-12(2,3)9-7-8(5-6-10(13)16)11(17)15(4)14-9/h7H,5-6H2,1-4H3. The number of hydrogen-bond donors (Lipinski definition) is 0. The number of carbonyl (C=O) groups is 1. The van der Waals surface area contributed by atoms with Crippen molar-refractivity contribution in [3.63, 3.8) is 0 Å². The highest BCUT2D eigenvalue weighted by atomic mass is 35.5. The van der Waals surface area contributed by atoms with E-state index in [-0.39, 0.29) is 17.4 Å². The Kier molecular flexibility index (Phi) is 4.09. The van der Waals surface area contributed by atoms with Gasteiger partial charge in [0.25, 0.3) is 5.56 Å². The number of nitrogens with zero attached hydrogens (tertiary/aromatic N) is 2. The zero-order chi connectivity index (χ0) is 13.2. The molecule has 0 saturated carbocycles. The van der Waals surface area contributed by atoms with E-state index >= 15 is 0 Å². The summed E-state index contributed by atoms with van der Waals surface area (Å²) in [6, 6.07) is 1.77. The van der Waals surface area contributed by atoms with E-state index in [1.54, 1.807) is 13.1 Å². The molecular weight excluding hydrogens is 240 g/mol. The van der Waals surface area contributed by atoms with Crippen molar-refractivity contribution < 1.29 is 4.79 Å². The smallest absolute Gasteiger partial charge is 0.269 e. The maximum Gasteiger partial charge on any atom is 0.269 e. The number of halogens is 1. The number of aryl methyl sites for hydroxylation is 2. The summed E-state index contributed by atoms with van der Waals surface area (Å²) in [5, 5.41) is 3.79. The van der Waals surface area contributed by atoms with E-state index in [4.69, 9.17) is 11.6 Å². The van der Waals surface area contributed by atoms with E-state index in [1.807, 2.05) is 20.8 Å². The first-order chi connectivity index (χ1) is 7.71. The molecule has 0 atom stereocenters. The highest BCUT2D eigenvalue weighted by molar-refractivity contribution is 6.63. The van der Waals surface area contributed by atoms with Crippen LogP contribution < -0.4 is 5.56 Å². The molecule has 0 radical (unpaired) electrons. The van der Waals surface area contributed by atoms with Gasteiger partial charge in [-0.3, -0.25) is 9.59 Å². The van der Waals surface area contributed by atoms with Crippen LogP contribution in [0.1, 0.15) is 38.4 Å². The van der Waals surface area contributed by atoms with Crippen molar-refractivity contribution in [2.45, 2.75) is 39.0 Å². The second-order valence-corrected chi connectivity index (χ2v) is 5.51. The molecule has 0 N–H and O–H groups in total. The zero-order valence-corrected chi connectivity index (χ0v) is 11.3. The third kappa shape index (κ3) is 3.66. The molecule has 0 spiro atoms. The Balaban J connectivity index is 3.16. The van der Waals surface area contributed by atoms with Crippen LogP contribution in [0.15, 0.2) is 10.9 Å². The number of rotatable bonds is 3. The second-order valence-electron chi connectivity index (χ2n) is 5.09. The van der Waals surface area contributed by atoms with Crippen LogP contribution in [0.25, 0.3) is 0 Å². The quantitative estimate of drug-likeness (QED) is 0.775. The van der Waals surface area contributed by atoms with Crippen LogP contribution in [0.4, 0.5) is 0 Å². The van der Waals surface area contributed by atoms with Gasteiger partial charge in [0.1, 0.15) is 0 Å². The second kappa shape index (κ2) is 5.00. The third-order valence-corrected chi connectivity index (χ3v) is 2.69. The van der Waals surface area contributed by atoms with Gasteiger partial charge in [0.15, 0.2) is 0 Å². The van der Waals surface area contributed by atoms with Crippen molar-refractivity contribution in [3.8, 4) is 0 Å². The maximum atomic E-state index is 11.8. The molecular formula is C12H17ClN2O2. The van der Waals surface area contributed by atoms with Crippen LogP contribution in [0.5, 0.6) is 0 Å². The van der Waals surface area contributed by atoms with Crippen LogP contribution in [-0.4, -0.2) is 15.0 Å². The fourth-order valence-corrected chi connectivity index (χ4v) is 1.54. The van der Waals surface area contributed by atoms with Crippen LogP contribution >= 0.6 is 11.6 Å². The first-order valence-corrected chi connectivity index (χ1v) is 5.85. The predicted molar refractivity (Wildman–Crippen MR) is 67.4 cm³/mol. The molecule has 5 heteroatoms. The van der Waals surface area contributed by atoms with Gasteiger partial charge in [0.05, 0.1) is 5.69 Å². The molecule has 1 heterocycles. The van der Waals surface area contributed by atoms with Crippen molar-refractivity contribution in [2.24, 2.45) is 7.05 Å². The fraction of sp³-hybridized carbons (Fsp3) is 0.583. The van der Waals surface area contributed by atoms with Gasteiger partial charge in [-0.25, -0.2) is 4.68 Å². The molecule has 94 valence electrons. The lowest BCUT2D eigenvalue weighted by Crippen LogP contribution is -2.28. The molecule has 1 rings (SSSR count). The van der Waals surface area contributed by atoms with E-state index < -0.39 is 5.24 Å². The summed E-state index contributed by atoms with van der Waals surface area (Å²) < 4.78 is 1.31. The van der Waals surface area contributed by atoms with Gasteiger partial charge in [0, 0.05) is 24.4 Å². The van der Waals surface area contributed by atoms with Crippen molar-refractivity contribution >= 4 is 16.8 Å². The Morgan fingerprint density at radius 2 is 2.06 bits per heavy atom. The normalized spacial score (nSPS) is 11.6. The Hall–Kier alpha value is -1.16. The number of aromatic nitrogens is 2. The van der Waals surface area contributed by atoms with Crippen LogP contribution in [-0.2, 0) is 23.7 Å². The van der Waals surface area contributed by atoms with Crippen molar-refractivity contribution in [2.75, 3.05) is 0 Å². The minimum Gasteiger partial charge on any atom is -0.281 e. The molecule has 0 bridgehead atoms.